The number of alkyl halides is 3. The molecule has 4 rings (SSSR count). The summed E-state index contributed by atoms with van der Waals surface area (Å²) in [6, 6.07) is 13.6. The quantitative estimate of drug-likeness (QED) is 0.310. The van der Waals surface area contributed by atoms with Gasteiger partial charge in [-0.25, -0.2) is 4.68 Å². The number of hydrazine groups is 1. The molecule has 0 radical (unpaired) electrons. The molecule has 1 aromatic heterocycles. The third-order valence-electron chi connectivity index (χ3n) is 5.59. The average Bonchev–Trinajstić information content (AvgIpc) is 3.29. The fourth-order valence-corrected chi connectivity index (χ4v) is 3.91. The van der Waals surface area contributed by atoms with Gasteiger partial charge in [0.1, 0.15) is 17.1 Å². The number of carbonyl (C=O) groups is 1. The number of halogens is 3. The van der Waals surface area contributed by atoms with Gasteiger partial charge in [0.25, 0.3) is 5.91 Å². The van der Waals surface area contributed by atoms with Gasteiger partial charge in [0.05, 0.1) is 19.3 Å². The SMILES string of the molecule is COc1ccc([C@@H]2C[C@@H](C(F)(F)F)n3ncc(C(=O)NNC(=S)NCc4ccccc4)c3N2)cc1. The molecular weight excluding hydrogens is 481 g/mol. The molecular formula is C23H23F3N6O2S. The Balaban J connectivity index is 1.47. The van der Waals surface area contributed by atoms with Crippen LogP contribution < -0.4 is 26.2 Å². The van der Waals surface area contributed by atoms with Gasteiger partial charge < -0.3 is 15.4 Å². The molecule has 2 heterocycles. The highest BCUT2D eigenvalue weighted by molar-refractivity contribution is 7.80. The van der Waals surface area contributed by atoms with Gasteiger partial charge in [-0.2, -0.15) is 18.3 Å². The molecule has 35 heavy (non-hydrogen) atoms. The number of fused-ring (bicyclic) bond motifs is 1. The lowest BCUT2D eigenvalue weighted by molar-refractivity contribution is -0.173. The highest BCUT2D eigenvalue weighted by Crippen LogP contribution is 2.44. The van der Waals surface area contributed by atoms with Gasteiger partial charge >= 0.3 is 6.18 Å². The lowest BCUT2D eigenvalue weighted by Crippen LogP contribution is -2.46. The van der Waals surface area contributed by atoms with Crippen molar-refractivity contribution in [1.82, 2.24) is 25.9 Å². The minimum Gasteiger partial charge on any atom is -0.497 e. The van der Waals surface area contributed by atoms with Crippen molar-refractivity contribution in [1.29, 1.82) is 0 Å². The van der Waals surface area contributed by atoms with Crippen molar-refractivity contribution in [2.75, 3.05) is 12.4 Å². The second-order valence-electron chi connectivity index (χ2n) is 7.86. The van der Waals surface area contributed by atoms with Gasteiger partial charge in [-0.15, -0.1) is 0 Å². The van der Waals surface area contributed by atoms with Crippen LogP contribution in [0.25, 0.3) is 0 Å². The summed E-state index contributed by atoms with van der Waals surface area (Å²) in [4.78, 5) is 12.8. The van der Waals surface area contributed by atoms with E-state index in [1.54, 1.807) is 24.3 Å². The fourth-order valence-electron chi connectivity index (χ4n) is 3.79. The van der Waals surface area contributed by atoms with E-state index < -0.39 is 24.2 Å². The first kappa shape index (κ1) is 24.3. The molecule has 2 atom stereocenters. The summed E-state index contributed by atoms with van der Waals surface area (Å²) in [5, 5.41) is 9.99. The van der Waals surface area contributed by atoms with Crippen molar-refractivity contribution < 1.29 is 22.7 Å². The zero-order valence-corrected chi connectivity index (χ0v) is 19.4. The zero-order valence-electron chi connectivity index (χ0n) is 18.6. The highest BCUT2D eigenvalue weighted by Gasteiger charge is 2.47. The zero-order chi connectivity index (χ0) is 25.0. The number of hydrogen-bond donors (Lipinski definition) is 4. The molecule has 0 aliphatic carbocycles. The molecule has 8 nitrogen and oxygen atoms in total. The predicted molar refractivity (Wildman–Crippen MR) is 128 cm³/mol. The molecule has 2 aromatic carbocycles. The van der Waals surface area contributed by atoms with E-state index >= 15 is 0 Å². The molecule has 4 N–H and O–H groups in total. The molecule has 1 aliphatic rings. The summed E-state index contributed by atoms with van der Waals surface area (Å²) in [5.41, 5.74) is 6.54. The van der Waals surface area contributed by atoms with Crippen molar-refractivity contribution in [3.05, 3.63) is 77.5 Å². The Morgan fingerprint density at radius 3 is 2.54 bits per heavy atom. The van der Waals surface area contributed by atoms with Crippen LogP contribution >= 0.6 is 12.2 Å². The second-order valence-corrected chi connectivity index (χ2v) is 8.27. The van der Waals surface area contributed by atoms with E-state index in [-0.39, 0.29) is 22.9 Å². The minimum absolute atomic E-state index is 0.0261. The largest absolute Gasteiger partial charge is 0.497 e. The molecule has 0 saturated heterocycles. The number of thiocarbonyl (C=S) groups is 1. The first-order valence-corrected chi connectivity index (χ1v) is 11.1. The smallest absolute Gasteiger partial charge is 0.410 e. The number of benzene rings is 2. The standard InChI is InChI=1S/C23H23F3N6O2S/c1-34-16-9-7-15(8-10-16)18-11-19(23(24,25)26)32-20(29-18)17(13-28-32)21(33)30-31-22(35)27-12-14-5-3-2-4-6-14/h2-10,13,18-19,29H,11-12H2,1H3,(H,30,33)(H2,27,31,35)/t18-,19-/m0/s1. The first-order chi connectivity index (χ1) is 16.8. The second kappa shape index (κ2) is 10.2. The summed E-state index contributed by atoms with van der Waals surface area (Å²) >= 11 is 5.16. The van der Waals surface area contributed by atoms with Crippen LogP contribution in [0.2, 0.25) is 0 Å². The van der Waals surface area contributed by atoms with Gasteiger partial charge in [0.15, 0.2) is 11.2 Å². The Labute approximate surface area is 204 Å². The van der Waals surface area contributed by atoms with Gasteiger partial charge in [-0.3, -0.25) is 15.6 Å². The minimum atomic E-state index is -4.55. The Bertz CT molecular complexity index is 1180. The number of rotatable bonds is 5. The van der Waals surface area contributed by atoms with Crippen LogP contribution in [-0.2, 0) is 6.54 Å². The number of hydrogen-bond acceptors (Lipinski definition) is 5. The van der Waals surface area contributed by atoms with Gasteiger partial charge in [0.2, 0.25) is 0 Å². The average molecular weight is 505 g/mol. The maximum Gasteiger partial charge on any atom is 0.410 e. The highest BCUT2D eigenvalue weighted by atomic mass is 32.1. The summed E-state index contributed by atoms with van der Waals surface area (Å²) < 4.78 is 47.5. The van der Waals surface area contributed by atoms with Gasteiger partial charge in [-0.05, 0) is 35.5 Å². The van der Waals surface area contributed by atoms with Crippen LogP contribution in [0.4, 0.5) is 19.0 Å². The van der Waals surface area contributed by atoms with E-state index in [2.05, 4.69) is 26.6 Å². The van der Waals surface area contributed by atoms with Crippen molar-refractivity contribution in [2.45, 2.75) is 31.2 Å². The predicted octanol–water partition coefficient (Wildman–Crippen LogP) is 3.86. The topological polar surface area (TPSA) is 92.2 Å². The van der Waals surface area contributed by atoms with E-state index in [0.717, 1.165) is 16.4 Å². The Kier molecular flexibility index (Phi) is 7.10. The lowest BCUT2D eigenvalue weighted by atomic mass is 9.96. The molecule has 3 aromatic rings. The Morgan fingerprint density at radius 1 is 1.17 bits per heavy atom. The maximum absolute atomic E-state index is 13.9. The number of methoxy groups -OCH3 is 1. The van der Waals surface area contributed by atoms with E-state index in [0.29, 0.717) is 17.9 Å². The third-order valence-corrected chi connectivity index (χ3v) is 5.83. The molecule has 0 fully saturated rings. The molecule has 0 unspecified atom stereocenters. The van der Waals surface area contributed by atoms with Gasteiger partial charge in [0, 0.05) is 13.0 Å². The number of nitrogens with one attached hydrogen (secondary N) is 4. The first-order valence-electron chi connectivity index (χ1n) is 10.7. The van der Waals surface area contributed by atoms with Crippen molar-refractivity contribution >= 4 is 29.1 Å². The van der Waals surface area contributed by atoms with Crippen LogP contribution in [0.1, 0.15) is 40.0 Å². The molecule has 12 heteroatoms. The summed E-state index contributed by atoms with van der Waals surface area (Å²) in [6.45, 7) is 0.435. The Morgan fingerprint density at radius 2 is 1.89 bits per heavy atom. The number of carbonyl (C=O) groups excluding carboxylic acids is 1. The monoisotopic (exact) mass is 504 g/mol. The van der Waals surface area contributed by atoms with Crippen LogP contribution in [-0.4, -0.2) is 34.1 Å². The number of ether oxygens (including phenoxy) is 1. The van der Waals surface area contributed by atoms with E-state index in [9.17, 15) is 18.0 Å². The third kappa shape index (κ3) is 5.65. The van der Waals surface area contributed by atoms with Crippen LogP contribution in [0.5, 0.6) is 5.75 Å². The maximum atomic E-state index is 13.9. The van der Waals surface area contributed by atoms with Gasteiger partial charge in [-0.1, -0.05) is 42.5 Å². The molecule has 0 saturated carbocycles. The van der Waals surface area contributed by atoms with Crippen LogP contribution in [0.3, 0.4) is 0 Å². The molecule has 1 amide bonds. The van der Waals surface area contributed by atoms with E-state index in [1.165, 1.54) is 7.11 Å². The van der Waals surface area contributed by atoms with Crippen LogP contribution in [0, 0.1) is 0 Å². The number of nitrogens with zero attached hydrogens (tertiary/aromatic N) is 2. The van der Waals surface area contributed by atoms with E-state index in [1.807, 2.05) is 30.3 Å². The normalized spacial score (nSPS) is 17.0. The summed E-state index contributed by atoms with van der Waals surface area (Å²) in [5.74, 6) is -0.120. The summed E-state index contributed by atoms with van der Waals surface area (Å²) in [7, 11) is 1.51. The Hall–Kier alpha value is -3.80. The van der Waals surface area contributed by atoms with Crippen molar-refractivity contribution in [3.8, 4) is 5.75 Å². The molecule has 184 valence electrons. The number of amides is 1. The summed E-state index contributed by atoms with van der Waals surface area (Å²) in [6.07, 6.45) is -3.73. The van der Waals surface area contributed by atoms with E-state index in [4.69, 9.17) is 17.0 Å². The van der Waals surface area contributed by atoms with Crippen molar-refractivity contribution in [2.24, 2.45) is 0 Å². The molecule has 0 bridgehead atoms. The number of anilines is 1. The fraction of sp³-hybridized carbons (Fsp3) is 0.261. The lowest BCUT2D eigenvalue weighted by Gasteiger charge is -2.34. The number of aromatic nitrogens is 2. The van der Waals surface area contributed by atoms with Crippen LogP contribution in [0.15, 0.2) is 60.8 Å². The molecule has 0 spiro atoms. The molecule has 1 aliphatic heterocycles. The van der Waals surface area contributed by atoms with Crippen molar-refractivity contribution in [3.63, 3.8) is 0 Å².